The summed E-state index contributed by atoms with van der Waals surface area (Å²) in [4.78, 5) is 16.6. The van der Waals surface area contributed by atoms with E-state index in [1.165, 1.54) is 21.5 Å². The Morgan fingerprint density at radius 2 is 2.00 bits per heavy atom. The molecule has 3 rings (SSSR count). The molecule has 0 spiro atoms. The predicted molar refractivity (Wildman–Crippen MR) is 75.3 cm³/mol. The van der Waals surface area contributed by atoms with Gasteiger partial charge in [0.05, 0.1) is 6.10 Å². The Hall–Kier alpha value is -1.38. The number of rotatable bonds is 3. The number of carbonyl (C=O) groups is 1. The minimum atomic E-state index is -3.50. The highest BCUT2D eigenvalue weighted by atomic mass is 32.2. The number of carbonyl (C=O) groups excluding carboxylic acids is 1. The zero-order valence-electron chi connectivity index (χ0n) is 11.7. The van der Waals surface area contributed by atoms with Crippen LogP contribution in [0.5, 0.6) is 0 Å². The van der Waals surface area contributed by atoms with E-state index in [9.17, 15) is 18.3 Å². The van der Waals surface area contributed by atoms with Crippen molar-refractivity contribution in [3.05, 3.63) is 18.0 Å². The summed E-state index contributed by atoms with van der Waals surface area (Å²) >= 11 is 0. The Balaban J connectivity index is 1.78. The third-order valence-corrected chi connectivity index (χ3v) is 5.92. The monoisotopic (exact) mass is 313 g/mol. The van der Waals surface area contributed by atoms with Gasteiger partial charge in [0.15, 0.2) is 0 Å². The van der Waals surface area contributed by atoms with Crippen LogP contribution in [0.15, 0.2) is 17.2 Å². The summed E-state index contributed by atoms with van der Waals surface area (Å²) in [6, 6.07) is 1.39. The highest BCUT2D eigenvalue weighted by molar-refractivity contribution is 7.89. The van der Waals surface area contributed by atoms with Crippen LogP contribution in [0.1, 0.15) is 29.8 Å². The minimum absolute atomic E-state index is 0.132. The highest BCUT2D eigenvalue weighted by Gasteiger charge is 2.30. The van der Waals surface area contributed by atoms with Crippen LogP contribution < -0.4 is 0 Å². The number of aliphatic hydroxyl groups is 1. The number of aromatic amines is 1. The first-order valence-electron chi connectivity index (χ1n) is 7.14. The van der Waals surface area contributed by atoms with Gasteiger partial charge in [-0.05, 0) is 25.3 Å². The molecule has 0 aliphatic carbocycles. The number of sulfonamides is 1. The van der Waals surface area contributed by atoms with E-state index >= 15 is 0 Å². The lowest BCUT2D eigenvalue weighted by atomic mass is 10.3. The topological polar surface area (TPSA) is 93.7 Å². The summed E-state index contributed by atoms with van der Waals surface area (Å²) in [5.41, 5.74) is 0.252. The van der Waals surface area contributed by atoms with Crippen LogP contribution in [0.2, 0.25) is 0 Å². The molecule has 0 radical (unpaired) electrons. The molecule has 0 aromatic carbocycles. The summed E-state index contributed by atoms with van der Waals surface area (Å²) in [6.45, 7) is 1.86. The number of β-amino-alcohol motifs (C(OH)–C–C–N with tert-alkyl or cyclic N) is 1. The van der Waals surface area contributed by atoms with Crippen LogP contribution in [-0.2, 0) is 10.0 Å². The van der Waals surface area contributed by atoms with E-state index in [4.69, 9.17) is 0 Å². The molecule has 1 aromatic heterocycles. The maximum Gasteiger partial charge on any atom is 0.270 e. The highest BCUT2D eigenvalue weighted by Crippen LogP contribution is 2.22. The Bertz CT molecular complexity index is 634. The average Bonchev–Trinajstić information content (AvgIpc) is 3.19. The van der Waals surface area contributed by atoms with E-state index in [1.54, 1.807) is 0 Å². The van der Waals surface area contributed by atoms with Crippen molar-refractivity contribution in [2.24, 2.45) is 0 Å². The van der Waals surface area contributed by atoms with Gasteiger partial charge in [0.25, 0.3) is 5.91 Å². The molecule has 2 aliphatic rings. The van der Waals surface area contributed by atoms with Gasteiger partial charge in [0.1, 0.15) is 10.6 Å². The summed E-state index contributed by atoms with van der Waals surface area (Å²) in [5.74, 6) is -0.269. The number of H-pyrrole nitrogens is 1. The molecule has 1 aromatic rings. The molecule has 0 unspecified atom stereocenters. The first-order valence-corrected chi connectivity index (χ1v) is 8.58. The maximum atomic E-state index is 12.4. The Morgan fingerprint density at radius 1 is 1.29 bits per heavy atom. The summed E-state index contributed by atoms with van der Waals surface area (Å²) in [7, 11) is -3.50. The van der Waals surface area contributed by atoms with Crippen LogP contribution in [0.4, 0.5) is 0 Å². The predicted octanol–water partition coefficient (Wildman–Crippen LogP) is 0.00600. The average molecular weight is 313 g/mol. The summed E-state index contributed by atoms with van der Waals surface area (Å²) in [6.07, 6.45) is 3.19. The third kappa shape index (κ3) is 2.70. The van der Waals surface area contributed by atoms with E-state index in [2.05, 4.69) is 4.98 Å². The molecule has 1 amide bonds. The second-order valence-electron chi connectivity index (χ2n) is 5.55. The molecule has 2 fully saturated rings. The van der Waals surface area contributed by atoms with Crippen LogP contribution >= 0.6 is 0 Å². The standard InChI is InChI=1S/C13H19N3O4S/c17-10-3-6-15(9-10)13(18)12-7-11(8-14-12)21(19,20)16-4-1-2-5-16/h7-8,10,14,17H,1-6,9H2/t10-/m0/s1. The Labute approximate surface area is 123 Å². The minimum Gasteiger partial charge on any atom is -0.391 e. The van der Waals surface area contributed by atoms with Crippen molar-refractivity contribution >= 4 is 15.9 Å². The molecular weight excluding hydrogens is 294 g/mol. The third-order valence-electron chi connectivity index (χ3n) is 4.04. The van der Waals surface area contributed by atoms with Gasteiger partial charge in [-0.25, -0.2) is 8.42 Å². The molecule has 2 aliphatic heterocycles. The SMILES string of the molecule is O=C(c1cc(S(=O)(=O)N2CCCC2)c[nH]1)N1CC[C@H](O)C1. The quantitative estimate of drug-likeness (QED) is 0.822. The van der Waals surface area contributed by atoms with E-state index in [-0.39, 0.29) is 16.5 Å². The smallest absolute Gasteiger partial charge is 0.270 e. The van der Waals surface area contributed by atoms with Crippen molar-refractivity contribution in [1.29, 1.82) is 0 Å². The number of nitrogens with zero attached hydrogens (tertiary/aromatic N) is 2. The molecule has 3 heterocycles. The van der Waals surface area contributed by atoms with Gasteiger partial charge in [-0.3, -0.25) is 4.79 Å². The normalized spacial score (nSPS) is 23.9. The van der Waals surface area contributed by atoms with Gasteiger partial charge in [0.2, 0.25) is 10.0 Å². The number of likely N-dealkylation sites (tertiary alicyclic amines) is 1. The summed E-state index contributed by atoms with van der Waals surface area (Å²) in [5, 5.41) is 9.47. The van der Waals surface area contributed by atoms with E-state index < -0.39 is 16.1 Å². The van der Waals surface area contributed by atoms with Crippen molar-refractivity contribution < 1.29 is 18.3 Å². The van der Waals surface area contributed by atoms with Crippen LogP contribution in [0.25, 0.3) is 0 Å². The number of hydrogen-bond acceptors (Lipinski definition) is 4. The zero-order valence-corrected chi connectivity index (χ0v) is 12.5. The number of aliphatic hydroxyl groups excluding tert-OH is 1. The van der Waals surface area contributed by atoms with E-state index in [0.29, 0.717) is 32.6 Å². The molecule has 116 valence electrons. The second kappa shape index (κ2) is 5.43. The molecular formula is C13H19N3O4S. The lowest BCUT2D eigenvalue weighted by molar-refractivity contribution is 0.0760. The maximum absolute atomic E-state index is 12.4. The zero-order chi connectivity index (χ0) is 15.0. The Morgan fingerprint density at radius 3 is 2.62 bits per heavy atom. The largest absolute Gasteiger partial charge is 0.391 e. The summed E-state index contributed by atoms with van der Waals surface area (Å²) < 4.78 is 26.2. The molecule has 0 bridgehead atoms. The second-order valence-corrected chi connectivity index (χ2v) is 7.49. The van der Waals surface area contributed by atoms with Crippen molar-refractivity contribution in [1.82, 2.24) is 14.2 Å². The number of nitrogens with one attached hydrogen (secondary N) is 1. The fourth-order valence-corrected chi connectivity index (χ4v) is 4.33. The Kier molecular flexibility index (Phi) is 3.76. The molecule has 2 saturated heterocycles. The van der Waals surface area contributed by atoms with Crippen molar-refractivity contribution in [3.8, 4) is 0 Å². The van der Waals surface area contributed by atoms with Crippen LogP contribution in [0.3, 0.4) is 0 Å². The molecule has 21 heavy (non-hydrogen) atoms. The molecule has 0 saturated carbocycles. The van der Waals surface area contributed by atoms with Gasteiger partial charge in [-0.2, -0.15) is 4.31 Å². The van der Waals surface area contributed by atoms with Crippen molar-refractivity contribution in [2.45, 2.75) is 30.3 Å². The van der Waals surface area contributed by atoms with Gasteiger partial charge < -0.3 is 15.0 Å². The fraction of sp³-hybridized carbons (Fsp3) is 0.615. The van der Waals surface area contributed by atoms with Gasteiger partial charge >= 0.3 is 0 Å². The van der Waals surface area contributed by atoms with Crippen molar-refractivity contribution in [3.63, 3.8) is 0 Å². The number of amides is 1. The van der Waals surface area contributed by atoms with Gasteiger partial charge in [0, 0.05) is 32.4 Å². The molecule has 8 heteroatoms. The van der Waals surface area contributed by atoms with Crippen LogP contribution in [0, 0.1) is 0 Å². The first kappa shape index (κ1) is 14.6. The van der Waals surface area contributed by atoms with Crippen molar-refractivity contribution in [2.75, 3.05) is 26.2 Å². The molecule has 1 atom stereocenters. The fourth-order valence-electron chi connectivity index (χ4n) is 2.82. The lowest BCUT2D eigenvalue weighted by Gasteiger charge is -2.14. The molecule has 7 nitrogen and oxygen atoms in total. The lowest BCUT2D eigenvalue weighted by Crippen LogP contribution is -2.30. The van der Waals surface area contributed by atoms with Gasteiger partial charge in [-0.15, -0.1) is 0 Å². The molecule has 2 N–H and O–H groups in total. The van der Waals surface area contributed by atoms with Crippen LogP contribution in [-0.4, -0.2) is 65.9 Å². The number of hydrogen-bond donors (Lipinski definition) is 2. The first-order chi connectivity index (χ1) is 9.98. The van der Waals surface area contributed by atoms with E-state index in [0.717, 1.165) is 12.8 Å². The van der Waals surface area contributed by atoms with E-state index in [1.807, 2.05) is 0 Å². The van der Waals surface area contributed by atoms with Gasteiger partial charge in [-0.1, -0.05) is 0 Å². The number of aromatic nitrogens is 1.